The number of carboxylic acid groups (broad SMARTS) is 1. The van der Waals surface area contributed by atoms with Crippen LogP contribution in [0, 0.1) is 12.8 Å². The van der Waals surface area contributed by atoms with Gasteiger partial charge in [-0.15, -0.1) is 0 Å². The van der Waals surface area contributed by atoms with Gasteiger partial charge in [-0.1, -0.05) is 18.2 Å². The van der Waals surface area contributed by atoms with Gasteiger partial charge in [-0.3, -0.25) is 4.79 Å². The van der Waals surface area contributed by atoms with Crippen LogP contribution in [0.5, 0.6) is 5.75 Å². The lowest BCUT2D eigenvalue weighted by atomic mass is 9.78. The Morgan fingerprint density at radius 3 is 2.84 bits per heavy atom. The third-order valence-corrected chi connectivity index (χ3v) is 3.94. The molecule has 1 fully saturated rings. The number of para-hydroxylation sites is 1. The van der Waals surface area contributed by atoms with Gasteiger partial charge in [-0.05, 0) is 31.4 Å². The third-order valence-electron chi connectivity index (χ3n) is 3.94. The Labute approximate surface area is 113 Å². The van der Waals surface area contributed by atoms with Gasteiger partial charge in [0, 0.05) is 18.5 Å². The molecule has 0 saturated carbocycles. The second-order valence-electron chi connectivity index (χ2n) is 5.29. The summed E-state index contributed by atoms with van der Waals surface area (Å²) in [6, 6.07) is 6.28. The number of rotatable bonds is 3. The molecule has 3 atom stereocenters. The van der Waals surface area contributed by atoms with Crippen LogP contribution in [-0.4, -0.2) is 30.8 Å². The quantitative estimate of drug-likeness (QED) is 0.877. The molecule has 0 spiro atoms. The van der Waals surface area contributed by atoms with Crippen LogP contribution in [0.15, 0.2) is 18.2 Å². The molecule has 1 aliphatic rings. The fourth-order valence-electron chi connectivity index (χ4n) is 2.95. The van der Waals surface area contributed by atoms with E-state index in [0.29, 0.717) is 12.6 Å². The van der Waals surface area contributed by atoms with E-state index >= 15 is 0 Å². The SMILES string of the molecule is COc1c(C)cccc1C1CC(C)NCC1C(=O)O. The van der Waals surface area contributed by atoms with E-state index in [2.05, 4.69) is 12.2 Å². The Bertz CT molecular complexity index is 472. The lowest BCUT2D eigenvalue weighted by molar-refractivity contribution is -0.143. The molecular weight excluding hydrogens is 242 g/mol. The van der Waals surface area contributed by atoms with Gasteiger partial charge in [0.25, 0.3) is 0 Å². The Kier molecular flexibility index (Phi) is 4.10. The minimum absolute atomic E-state index is 0.00333. The zero-order chi connectivity index (χ0) is 14.0. The first kappa shape index (κ1) is 13.9. The molecule has 4 nitrogen and oxygen atoms in total. The van der Waals surface area contributed by atoms with Crippen molar-refractivity contribution in [2.24, 2.45) is 5.92 Å². The monoisotopic (exact) mass is 263 g/mol. The first-order chi connectivity index (χ1) is 9.04. The molecule has 1 saturated heterocycles. The lowest BCUT2D eigenvalue weighted by Gasteiger charge is -2.34. The van der Waals surface area contributed by atoms with Crippen LogP contribution in [0.4, 0.5) is 0 Å². The molecule has 1 aromatic rings. The van der Waals surface area contributed by atoms with Crippen molar-refractivity contribution in [2.45, 2.75) is 32.2 Å². The van der Waals surface area contributed by atoms with E-state index in [1.807, 2.05) is 25.1 Å². The molecular formula is C15H21NO3. The molecule has 0 radical (unpaired) electrons. The number of piperidine rings is 1. The molecule has 0 aliphatic carbocycles. The highest BCUT2D eigenvalue weighted by atomic mass is 16.5. The predicted octanol–water partition coefficient (Wildman–Crippen LogP) is 2.17. The van der Waals surface area contributed by atoms with Crippen molar-refractivity contribution >= 4 is 5.97 Å². The molecule has 2 N–H and O–H groups in total. The minimum atomic E-state index is -0.743. The number of benzene rings is 1. The predicted molar refractivity (Wildman–Crippen MR) is 73.7 cm³/mol. The second kappa shape index (κ2) is 5.61. The number of nitrogens with one attached hydrogen (secondary N) is 1. The van der Waals surface area contributed by atoms with Crippen LogP contribution in [0.25, 0.3) is 0 Å². The summed E-state index contributed by atoms with van der Waals surface area (Å²) in [5.41, 5.74) is 2.07. The number of aryl methyl sites for hydroxylation is 1. The number of ether oxygens (including phenoxy) is 1. The average molecular weight is 263 g/mol. The van der Waals surface area contributed by atoms with Crippen LogP contribution in [-0.2, 0) is 4.79 Å². The van der Waals surface area contributed by atoms with Gasteiger partial charge in [0.2, 0.25) is 0 Å². The second-order valence-corrected chi connectivity index (χ2v) is 5.29. The number of methoxy groups -OCH3 is 1. The van der Waals surface area contributed by atoms with Gasteiger partial charge in [-0.25, -0.2) is 0 Å². The maximum Gasteiger partial charge on any atom is 0.308 e. The van der Waals surface area contributed by atoms with Crippen molar-refractivity contribution in [3.63, 3.8) is 0 Å². The topological polar surface area (TPSA) is 58.6 Å². The van der Waals surface area contributed by atoms with Crippen LogP contribution in [0.1, 0.15) is 30.4 Å². The van der Waals surface area contributed by atoms with Gasteiger partial charge in [-0.2, -0.15) is 0 Å². The smallest absolute Gasteiger partial charge is 0.308 e. The van der Waals surface area contributed by atoms with Crippen molar-refractivity contribution in [2.75, 3.05) is 13.7 Å². The molecule has 0 aromatic heterocycles. The van der Waals surface area contributed by atoms with Crippen molar-refractivity contribution in [3.8, 4) is 5.75 Å². The first-order valence-corrected chi connectivity index (χ1v) is 6.64. The number of carbonyl (C=O) groups is 1. The molecule has 104 valence electrons. The average Bonchev–Trinajstić information content (AvgIpc) is 2.37. The van der Waals surface area contributed by atoms with Crippen LogP contribution in [0.2, 0.25) is 0 Å². The minimum Gasteiger partial charge on any atom is -0.496 e. The molecule has 2 rings (SSSR count). The fourth-order valence-corrected chi connectivity index (χ4v) is 2.95. The molecule has 19 heavy (non-hydrogen) atoms. The molecule has 1 aromatic carbocycles. The highest BCUT2D eigenvalue weighted by Gasteiger charge is 2.36. The van der Waals surface area contributed by atoms with E-state index in [4.69, 9.17) is 4.74 Å². The summed E-state index contributed by atoms with van der Waals surface area (Å²) in [5.74, 6) is -0.309. The largest absolute Gasteiger partial charge is 0.496 e. The Morgan fingerprint density at radius 1 is 1.47 bits per heavy atom. The van der Waals surface area contributed by atoms with Crippen LogP contribution < -0.4 is 10.1 Å². The maximum absolute atomic E-state index is 11.4. The van der Waals surface area contributed by atoms with E-state index < -0.39 is 11.9 Å². The summed E-state index contributed by atoms with van der Waals surface area (Å²) < 4.78 is 5.48. The van der Waals surface area contributed by atoms with E-state index in [0.717, 1.165) is 23.3 Å². The summed E-state index contributed by atoms with van der Waals surface area (Å²) in [6.45, 7) is 4.59. The Morgan fingerprint density at radius 2 is 2.21 bits per heavy atom. The van der Waals surface area contributed by atoms with Crippen molar-refractivity contribution in [3.05, 3.63) is 29.3 Å². The first-order valence-electron chi connectivity index (χ1n) is 6.64. The number of carboxylic acids is 1. The van der Waals surface area contributed by atoms with Crippen LogP contribution in [0.3, 0.4) is 0 Å². The summed E-state index contributed by atoms with van der Waals surface area (Å²) in [5, 5.41) is 12.7. The zero-order valence-electron chi connectivity index (χ0n) is 11.6. The van der Waals surface area contributed by atoms with E-state index in [1.165, 1.54) is 0 Å². The Balaban J connectivity index is 2.41. The highest BCUT2D eigenvalue weighted by molar-refractivity contribution is 5.72. The van der Waals surface area contributed by atoms with Gasteiger partial charge in [0.15, 0.2) is 0 Å². The van der Waals surface area contributed by atoms with Crippen molar-refractivity contribution < 1.29 is 14.6 Å². The molecule has 1 aliphatic heterocycles. The van der Waals surface area contributed by atoms with Gasteiger partial charge in [0.1, 0.15) is 5.75 Å². The van der Waals surface area contributed by atoms with Gasteiger partial charge in [0.05, 0.1) is 13.0 Å². The Hall–Kier alpha value is -1.55. The van der Waals surface area contributed by atoms with Crippen LogP contribution >= 0.6 is 0 Å². The summed E-state index contributed by atoms with van der Waals surface area (Å²) in [7, 11) is 1.64. The summed E-state index contributed by atoms with van der Waals surface area (Å²) in [4.78, 5) is 11.4. The number of hydrogen-bond acceptors (Lipinski definition) is 3. The summed E-state index contributed by atoms with van der Waals surface area (Å²) >= 11 is 0. The standard InChI is InChI=1S/C15H21NO3/c1-9-5-4-6-11(14(9)19-3)12-7-10(2)16-8-13(12)15(17)18/h4-6,10,12-13,16H,7-8H2,1-3H3,(H,17,18). The molecule has 4 heteroatoms. The third kappa shape index (κ3) is 2.73. The molecule has 0 amide bonds. The van der Waals surface area contributed by atoms with E-state index in [-0.39, 0.29) is 5.92 Å². The van der Waals surface area contributed by atoms with E-state index in [9.17, 15) is 9.90 Å². The normalized spacial score (nSPS) is 27.0. The number of hydrogen-bond donors (Lipinski definition) is 2. The molecule has 1 heterocycles. The van der Waals surface area contributed by atoms with Crippen molar-refractivity contribution in [1.29, 1.82) is 0 Å². The lowest BCUT2D eigenvalue weighted by Crippen LogP contribution is -2.44. The van der Waals surface area contributed by atoms with Gasteiger partial charge >= 0.3 is 5.97 Å². The van der Waals surface area contributed by atoms with Crippen molar-refractivity contribution in [1.82, 2.24) is 5.32 Å². The highest BCUT2D eigenvalue weighted by Crippen LogP contribution is 2.39. The van der Waals surface area contributed by atoms with Gasteiger partial charge < -0.3 is 15.2 Å². The molecule has 3 unspecified atom stereocenters. The number of aliphatic carboxylic acids is 1. The van der Waals surface area contributed by atoms with E-state index in [1.54, 1.807) is 7.11 Å². The fraction of sp³-hybridized carbons (Fsp3) is 0.533. The molecule has 0 bridgehead atoms. The zero-order valence-corrected chi connectivity index (χ0v) is 11.6. The maximum atomic E-state index is 11.4. The summed E-state index contributed by atoms with van der Waals surface area (Å²) in [6.07, 6.45) is 0.816.